The highest BCUT2D eigenvalue weighted by atomic mass is 16.5. The Bertz CT molecular complexity index is 1010. The minimum absolute atomic E-state index is 0.426. The molecule has 0 atom stereocenters. The molecule has 0 aliphatic carbocycles. The van der Waals surface area contributed by atoms with Gasteiger partial charge in [-0.2, -0.15) is 4.98 Å². The molecule has 0 bridgehead atoms. The number of benzene rings is 2. The predicted octanol–water partition coefficient (Wildman–Crippen LogP) is 4.21. The monoisotopic (exact) mass is 347 g/mol. The number of hydrogen-bond donors (Lipinski definition) is 0. The number of nitrogens with zero attached hydrogens (tertiary/aromatic N) is 3. The molecule has 0 radical (unpaired) electrons. The summed E-state index contributed by atoms with van der Waals surface area (Å²) in [4.78, 5) is 4.49. The van der Waals surface area contributed by atoms with Crippen LogP contribution in [0.5, 0.6) is 11.5 Å². The van der Waals surface area contributed by atoms with Crippen LogP contribution in [0.4, 0.5) is 0 Å². The van der Waals surface area contributed by atoms with Crippen LogP contribution >= 0.6 is 0 Å². The molecule has 0 aliphatic rings. The van der Waals surface area contributed by atoms with Gasteiger partial charge >= 0.3 is 0 Å². The Labute approximate surface area is 150 Å². The first-order valence-corrected chi connectivity index (χ1v) is 8.08. The molecule has 6 nitrogen and oxygen atoms in total. The average molecular weight is 347 g/mol. The highest BCUT2D eigenvalue weighted by Gasteiger charge is 2.13. The number of rotatable bonds is 5. The molecule has 0 N–H and O–H groups in total. The van der Waals surface area contributed by atoms with E-state index in [1.165, 1.54) is 0 Å². The van der Waals surface area contributed by atoms with Crippen molar-refractivity contribution >= 4 is 0 Å². The van der Waals surface area contributed by atoms with Crippen LogP contribution < -0.4 is 9.47 Å². The van der Waals surface area contributed by atoms with Crippen LogP contribution in [0.1, 0.15) is 0 Å². The molecule has 130 valence electrons. The standard InChI is InChI=1S/C20H17N3O3/c1-24-17-10-7-15(13-18(17)25-2)20-21-19(22-26-20)14-5-8-16(9-6-14)23-11-3-4-12-23/h3-13H,1-2H3. The minimum atomic E-state index is 0.426. The van der Waals surface area contributed by atoms with Crippen molar-refractivity contribution in [1.29, 1.82) is 0 Å². The van der Waals surface area contributed by atoms with Gasteiger partial charge in [0, 0.05) is 29.2 Å². The third-order valence-electron chi connectivity index (χ3n) is 4.08. The van der Waals surface area contributed by atoms with Crippen molar-refractivity contribution in [3.63, 3.8) is 0 Å². The zero-order chi connectivity index (χ0) is 17.9. The van der Waals surface area contributed by atoms with Crippen molar-refractivity contribution in [3.05, 3.63) is 67.0 Å². The summed E-state index contributed by atoms with van der Waals surface area (Å²) in [5.41, 5.74) is 2.73. The molecule has 6 heteroatoms. The van der Waals surface area contributed by atoms with Gasteiger partial charge < -0.3 is 18.6 Å². The zero-order valence-electron chi connectivity index (χ0n) is 14.4. The van der Waals surface area contributed by atoms with E-state index in [1.807, 2.05) is 71.6 Å². The van der Waals surface area contributed by atoms with Crippen LogP contribution in [-0.4, -0.2) is 28.9 Å². The van der Waals surface area contributed by atoms with Gasteiger partial charge in [0.25, 0.3) is 5.89 Å². The number of ether oxygens (including phenoxy) is 2. The third kappa shape index (κ3) is 2.93. The van der Waals surface area contributed by atoms with Crippen molar-refractivity contribution in [2.45, 2.75) is 0 Å². The number of methoxy groups -OCH3 is 2. The van der Waals surface area contributed by atoms with Gasteiger partial charge in [0.2, 0.25) is 5.82 Å². The second kappa shape index (κ2) is 6.76. The quantitative estimate of drug-likeness (QED) is 0.541. The van der Waals surface area contributed by atoms with E-state index >= 15 is 0 Å². The Kier molecular flexibility index (Phi) is 4.15. The first kappa shape index (κ1) is 16.0. The van der Waals surface area contributed by atoms with E-state index < -0.39 is 0 Å². The minimum Gasteiger partial charge on any atom is -0.493 e. The van der Waals surface area contributed by atoms with Gasteiger partial charge in [-0.05, 0) is 54.6 Å². The zero-order valence-corrected chi connectivity index (χ0v) is 14.4. The smallest absolute Gasteiger partial charge is 0.258 e. The average Bonchev–Trinajstić information content (AvgIpc) is 3.39. The van der Waals surface area contributed by atoms with Crippen LogP contribution in [0.2, 0.25) is 0 Å². The van der Waals surface area contributed by atoms with E-state index in [4.69, 9.17) is 14.0 Å². The van der Waals surface area contributed by atoms with E-state index in [0.29, 0.717) is 23.2 Å². The number of aromatic nitrogens is 3. The Morgan fingerprint density at radius 3 is 2.23 bits per heavy atom. The third-order valence-corrected chi connectivity index (χ3v) is 4.08. The van der Waals surface area contributed by atoms with E-state index in [9.17, 15) is 0 Å². The highest BCUT2D eigenvalue weighted by molar-refractivity contribution is 5.63. The van der Waals surface area contributed by atoms with Crippen LogP contribution in [0, 0.1) is 0 Å². The first-order valence-electron chi connectivity index (χ1n) is 8.08. The van der Waals surface area contributed by atoms with Gasteiger partial charge in [0.1, 0.15) is 0 Å². The van der Waals surface area contributed by atoms with Crippen molar-refractivity contribution in [2.24, 2.45) is 0 Å². The van der Waals surface area contributed by atoms with Crippen LogP contribution in [-0.2, 0) is 0 Å². The summed E-state index contributed by atoms with van der Waals surface area (Å²) in [6.07, 6.45) is 4.00. The molecule has 0 saturated carbocycles. The van der Waals surface area contributed by atoms with Crippen molar-refractivity contribution in [2.75, 3.05) is 14.2 Å². The SMILES string of the molecule is COc1ccc(-c2nc(-c3ccc(-n4cccc4)cc3)no2)cc1OC. The van der Waals surface area contributed by atoms with Gasteiger partial charge in [0.05, 0.1) is 14.2 Å². The Morgan fingerprint density at radius 2 is 1.54 bits per heavy atom. The summed E-state index contributed by atoms with van der Waals surface area (Å²) >= 11 is 0. The fourth-order valence-electron chi connectivity index (χ4n) is 2.72. The fraction of sp³-hybridized carbons (Fsp3) is 0.100. The van der Waals surface area contributed by atoms with Gasteiger partial charge in [-0.1, -0.05) is 5.16 Å². The number of hydrogen-bond acceptors (Lipinski definition) is 5. The Balaban J connectivity index is 1.62. The summed E-state index contributed by atoms with van der Waals surface area (Å²) in [6, 6.07) is 17.4. The largest absolute Gasteiger partial charge is 0.493 e. The summed E-state index contributed by atoms with van der Waals surface area (Å²) in [7, 11) is 3.19. The molecule has 4 aromatic rings. The molecule has 4 rings (SSSR count). The molecule has 0 fully saturated rings. The van der Waals surface area contributed by atoms with E-state index in [-0.39, 0.29) is 0 Å². The lowest BCUT2D eigenvalue weighted by Crippen LogP contribution is -1.91. The predicted molar refractivity (Wildman–Crippen MR) is 97.6 cm³/mol. The second-order valence-electron chi connectivity index (χ2n) is 5.63. The molecule has 2 heterocycles. The topological polar surface area (TPSA) is 62.3 Å². The molecule has 26 heavy (non-hydrogen) atoms. The lowest BCUT2D eigenvalue weighted by atomic mass is 10.2. The van der Waals surface area contributed by atoms with Crippen LogP contribution in [0.25, 0.3) is 28.5 Å². The second-order valence-corrected chi connectivity index (χ2v) is 5.63. The van der Waals surface area contributed by atoms with Gasteiger partial charge in [0.15, 0.2) is 11.5 Å². The lowest BCUT2D eigenvalue weighted by molar-refractivity contribution is 0.355. The molecule has 0 unspecified atom stereocenters. The Morgan fingerprint density at radius 1 is 0.846 bits per heavy atom. The summed E-state index contributed by atoms with van der Waals surface area (Å²) in [5, 5.41) is 4.09. The summed E-state index contributed by atoms with van der Waals surface area (Å²) < 4.78 is 18.0. The van der Waals surface area contributed by atoms with Gasteiger partial charge in [-0.3, -0.25) is 0 Å². The maximum absolute atomic E-state index is 5.42. The van der Waals surface area contributed by atoms with Crippen molar-refractivity contribution in [3.8, 4) is 40.0 Å². The van der Waals surface area contributed by atoms with E-state index in [1.54, 1.807) is 14.2 Å². The first-order chi connectivity index (χ1) is 12.8. The molecular formula is C20H17N3O3. The molecule has 2 aromatic carbocycles. The lowest BCUT2D eigenvalue weighted by Gasteiger charge is -2.07. The molecule has 0 spiro atoms. The van der Waals surface area contributed by atoms with Gasteiger partial charge in [-0.15, -0.1) is 0 Å². The van der Waals surface area contributed by atoms with E-state index in [2.05, 4.69) is 10.1 Å². The normalized spacial score (nSPS) is 10.7. The molecule has 2 aromatic heterocycles. The molecule has 0 aliphatic heterocycles. The van der Waals surface area contributed by atoms with Gasteiger partial charge in [-0.25, -0.2) is 0 Å². The van der Waals surface area contributed by atoms with Crippen molar-refractivity contribution in [1.82, 2.24) is 14.7 Å². The molecule has 0 amide bonds. The van der Waals surface area contributed by atoms with Crippen LogP contribution in [0.15, 0.2) is 71.5 Å². The van der Waals surface area contributed by atoms with Crippen molar-refractivity contribution < 1.29 is 14.0 Å². The Hall–Kier alpha value is -3.54. The molecule has 0 saturated heterocycles. The maximum atomic E-state index is 5.42. The maximum Gasteiger partial charge on any atom is 0.258 e. The summed E-state index contributed by atoms with van der Waals surface area (Å²) in [5.74, 6) is 2.22. The summed E-state index contributed by atoms with van der Waals surface area (Å²) in [6.45, 7) is 0. The van der Waals surface area contributed by atoms with E-state index in [0.717, 1.165) is 16.8 Å². The molecular weight excluding hydrogens is 330 g/mol. The fourth-order valence-corrected chi connectivity index (χ4v) is 2.72. The highest BCUT2D eigenvalue weighted by Crippen LogP contribution is 2.32. The van der Waals surface area contributed by atoms with Crippen LogP contribution in [0.3, 0.4) is 0 Å².